The molecule has 1 aromatic heterocycles. The maximum atomic E-state index is 12.7. The van der Waals surface area contributed by atoms with Gasteiger partial charge in [-0.2, -0.15) is 0 Å². The number of halogens is 3. The molecule has 0 aromatic carbocycles. The van der Waals surface area contributed by atoms with Crippen LogP contribution in [0.5, 0.6) is 0 Å². The molecule has 0 atom stereocenters. The molecular formula is C10H10F2INO2. The Labute approximate surface area is 105 Å². The average Bonchev–Trinajstić information content (AvgIpc) is 2.17. The van der Waals surface area contributed by atoms with E-state index in [1.165, 1.54) is 13.1 Å². The molecule has 0 fully saturated rings. The second kappa shape index (κ2) is 5.51. The number of alkyl halides is 2. The third kappa shape index (κ3) is 2.66. The highest BCUT2D eigenvalue weighted by atomic mass is 127. The Balaban J connectivity index is 3.23. The number of hydrogen-bond donors (Lipinski definition) is 0. The van der Waals surface area contributed by atoms with E-state index in [0.717, 1.165) is 0 Å². The van der Waals surface area contributed by atoms with Gasteiger partial charge in [0.1, 0.15) is 3.70 Å². The quantitative estimate of drug-likeness (QED) is 0.482. The van der Waals surface area contributed by atoms with Gasteiger partial charge in [-0.15, -0.1) is 0 Å². The van der Waals surface area contributed by atoms with Crippen molar-refractivity contribution in [3.63, 3.8) is 0 Å². The zero-order valence-corrected chi connectivity index (χ0v) is 10.9. The first-order chi connectivity index (χ1) is 7.49. The number of nitrogens with zero attached hydrogens (tertiary/aromatic N) is 1. The minimum Gasteiger partial charge on any atom is -0.462 e. The summed E-state index contributed by atoms with van der Waals surface area (Å²) >= 11 is 1.72. The second-order valence-corrected chi connectivity index (χ2v) is 4.04. The molecule has 0 unspecified atom stereocenters. The predicted octanol–water partition coefficient (Wildman–Crippen LogP) is 3.11. The van der Waals surface area contributed by atoms with Gasteiger partial charge in [0.2, 0.25) is 0 Å². The van der Waals surface area contributed by atoms with Crippen molar-refractivity contribution in [1.82, 2.24) is 4.98 Å². The predicted molar refractivity (Wildman–Crippen MR) is 62.6 cm³/mol. The van der Waals surface area contributed by atoms with Gasteiger partial charge in [-0.3, -0.25) is 0 Å². The van der Waals surface area contributed by atoms with Gasteiger partial charge >= 0.3 is 5.97 Å². The zero-order valence-electron chi connectivity index (χ0n) is 8.76. The van der Waals surface area contributed by atoms with Crippen LogP contribution in [-0.2, 0) is 4.74 Å². The molecule has 1 aromatic rings. The number of rotatable bonds is 3. The Morgan fingerprint density at radius 1 is 1.62 bits per heavy atom. The summed E-state index contributed by atoms with van der Waals surface area (Å²) in [6, 6.07) is 0. The van der Waals surface area contributed by atoms with Gasteiger partial charge in [0, 0.05) is 6.20 Å². The molecule has 0 aliphatic carbocycles. The summed E-state index contributed by atoms with van der Waals surface area (Å²) in [4.78, 5) is 15.2. The number of carbonyl (C=O) groups is 1. The van der Waals surface area contributed by atoms with Gasteiger partial charge in [0.25, 0.3) is 6.43 Å². The number of aromatic nitrogens is 1. The first-order valence-electron chi connectivity index (χ1n) is 4.59. The highest BCUT2D eigenvalue weighted by Gasteiger charge is 2.21. The highest BCUT2D eigenvalue weighted by Crippen LogP contribution is 2.28. The Bertz CT molecular complexity index is 410. The molecular weight excluding hydrogens is 331 g/mol. The summed E-state index contributed by atoms with van der Waals surface area (Å²) in [7, 11) is 0. The van der Waals surface area contributed by atoms with Crippen LogP contribution >= 0.6 is 22.6 Å². The topological polar surface area (TPSA) is 39.2 Å². The Morgan fingerprint density at radius 3 is 2.75 bits per heavy atom. The van der Waals surface area contributed by atoms with E-state index in [1.54, 1.807) is 29.5 Å². The molecule has 0 bridgehead atoms. The summed E-state index contributed by atoms with van der Waals surface area (Å²) < 4.78 is 30.4. The maximum Gasteiger partial charge on any atom is 0.339 e. The van der Waals surface area contributed by atoms with Crippen molar-refractivity contribution in [3.8, 4) is 0 Å². The van der Waals surface area contributed by atoms with Crippen molar-refractivity contribution in [2.75, 3.05) is 6.61 Å². The van der Waals surface area contributed by atoms with Crippen LogP contribution in [0.25, 0.3) is 0 Å². The molecule has 1 heterocycles. The van der Waals surface area contributed by atoms with Crippen LogP contribution in [0.4, 0.5) is 8.78 Å². The van der Waals surface area contributed by atoms with Crippen LogP contribution in [0, 0.1) is 10.6 Å². The Hall–Kier alpha value is -0.790. The van der Waals surface area contributed by atoms with E-state index >= 15 is 0 Å². The van der Waals surface area contributed by atoms with Crippen LogP contribution in [0.3, 0.4) is 0 Å². The van der Waals surface area contributed by atoms with E-state index in [1.807, 2.05) is 0 Å². The van der Waals surface area contributed by atoms with Gasteiger partial charge in [-0.05, 0) is 42.0 Å². The first kappa shape index (κ1) is 13.3. The van der Waals surface area contributed by atoms with Gasteiger partial charge in [-0.1, -0.05) is 0 Å². The fourth-order valence-electron chi connectivity index (χ4n) is 1.26. The summed E-state index contributed by atoms with van der Waals surface area (Å²) in [5.41, 5.74) is 0.122. The van der Waals surface area contributed by atoms with Crippen LogP contribution in [0.15, 0.2) is 6.20 Å². The van der Waals surface area contributed by atoms with Gasteiger partial charge < -0.3 is 4.74 Å². The lowest BCUT2D eigenvalue weighted by molar-refractivity contribution is 0.0524. The molecule has 1 rings (SSSR count). The normalized spacial score (nSPS) is 10.6. The molecule has 0 aliphatic rings. The van der Waals surface area contributed by atoms with Crippen LogP contribution in [0.1, 0.15) is 34.8 Å². The molecule has 16 heavy (non-hydrogen) atoms. The third-order valence-corrected chi connectivity index (χ3v) is 2.91. The van der Waals surface area contributed by atoms with E-state index in [9.17, 15) is 13.6 Å². The van der Waals surface area contributed by atoms with Gasteiger partial charge in [-0.25, -0.2) is 18.6 Å². The number of carbonyl (C=O) groups excluding carboxylic acids is 1. The maximum absolute atomic E-state index is 12.7. The standard InChI is InChI=1S/C10H10F2INO2/c1-3-16-10(15)6-4-14-9(13)7(5(6)2)8(11)12/h4,8H,3H2,1-2H3. The molecule has 0 saturated heterocycles. The Kier molecular flexibility index (Phi) is 4.57. The van der Waals surface area contributed by atoms with Crippen LogP contribution in [-0.4, -0.2) is 17.6 Å². The minimum absolute atomic E-state index is 0.0950. The van der Waals surface area contributed by atoms with E-state index in [2.05, 4.69) is 4.98 Å². The molecule has 88 valence electrons. The molecule has 0 spiro atoms. The highest BCUT2D eigenvalue weighted by molar-refractivity contribution is 14.1. The van der Waals surface area contributed by atoms with E-state index in [0.29, 0.717) is 0 Å². The van der Waals surface area contributed by atoms with Crippen LogP contribution < -0.4 is 0 Å². The van der Waals surface area contributed by atoms with E-state index in [-0.39, 0.29) is 27.0 Å². The smallest absolute Gasteiger partial charge is 0.339 e. The molecule has 0 radical (unpaired) electrons. The Morgan fingerprint density at radius 2 is 2.25 bits per heavy atom. The van der Waals surface area contributed by atoms with Crippen molar-refractivity contribution in [1.29, 1.82) is 0 Å². The average molecular weight is 341 g/mol. The monoisotopic (exact) mass is 341 g/mol. The van der Waals surface area contributed by atoms with Crippen molar-refractivity contribution in [2.24, 2.45) is 0 Å². The number of pyridine rings is 1. The summed E-state index contributed by atoms with van der Waals surface area (Å²) in [6.45, 7) is 3.33. The van der Waals surface area contributed by atoms with Crippen molar-refractivity contribution < 1.29 is 18.3 Å². The summed E-state index contributed by atoms with van der Waals surface area (Å²) in [5.74, 6) is -0.620. The largest absolute Gasteiger partial charge is 0.462 e. The first-order valence-corrected chi connectivity index (χ1v) is 5.67. The fraction of sp³-hybridized carbons (Fsp3) is 0.400. The molecule has 0 amide bonds. The number of hydrogen-bond acceptors (Lipinski definition) is 3. The second-order valence-electron chi connectivity index (χ2n) is 3.02. The van der Waals surface area contributed by atoms with Crippen molar-refractivity contribution in [3.05, 3.63) is 26.6 Å². The number of esters is 1. The third-order valence-electron chi connectivity index (χ3n) is 2.05. The van der Waals surface area contributed by atoms with Gasteiger partial charge in [0.15, 0.2) is 0 Å². The zero-order chi connectivity index (χ0) is 12.3. The van der Waals surface area contributed by atoms with Crippen molar-refractivity contribution >= 4 is 28.6 Å². The lowest BCUT2D eigenvalue weighted by Gasteiger charge is -2.10. The molecule has 6 heteroatoms. The summed E-state index contributed by atoms with van der Waals surface area (Å²) in [6.07, 6.45) is -1.38. The lowest BCUT2D eigenvalue weighted by atomic mass is 10.1. The van der Waals surface area contributed by atoms with E-state index in [4.69, 9.17) is 4.74 Å². The summed E-state index contributed by atoms with van der Waals surface area (Å²) in [5, 5.41) is 0. The number of ether oxygens (including phenoxy) is 1. The van der Waals surface area contributed by atoms with Gasteiger partial charge in [0.05, 0.1) is 17.7 Å². The molecule has 0 saturated carbocycles. The fourth-order valence-corrected chi connectivity index (χ4v) is 2.03. The van der Waals surface area contributed by atoms with E-state index < -0.39 is 12.4 Å². The SMILES string of the molecule is CCOC(=O)c1cnc(I)c(C(F)F)c1C. The molecule has 0 aliphatic heterocycles. The molecule has 3 nitrogen and oxygen atoms in total. The van der Waals surface area contributed by atoms with Crippen LogP contribution in [0.2, 0.25) is 0 Å². The minimum atomic E-state index is -2.64. The lowest BCUT2D eigenvalue weighted by Crippen LogP contribution is -2.10. The molecule has 0 N–H and O–H groups in total. The van der Waals surface area contributed by atoms with Crippen molar-refractivity contribution in [2.45, 2.75) is 20.3 Å².